The number of pyridine rings is 2. The Kier molecular flexibility index (Phi) is 5.81. The van der Waals surface area contributed by atoms with E-state index in [0.29, 0.717) is 42.6 Å². The van der Waals surface area contributed by atoms with Gasteiger partial charge in [-0.3, -0.25) is 4.79 Å². The molecule has 0 spiro atoms. The average molecular weight is 437 g/mol. The molecule has 1 aliphatic carbocycles. The molecule has 1 saturated heterocycles. The molecule has 5 rings (SSSR count). The molecule has 0 aromatic carbocycles. The van der Waals surface area contributed by atoms with Gasteiger partial charge in [-0.2, -0.15) is 0 Å². The van der Waals surface area contributed by atoms with E-state index in [4.69, 9.17) is 4.74 Å². The summed E-state index contributed by atoms with van der Waals surface area (Å²) in [6, 6.07) is 6.92. The lowest BCUT2D eigenvalue weighted by Gasteiger charge is -2.35. The second-order valence-corrected chi connectivity index (χ2v) is 8.93. The zero-order chi connectivity index (χ0) is 22.1. The highest BCUT2D eigenvalue weighted by molar-refractivity contribution is 5.95. The van der Waals surface area contributed by atoms with Crippen molar-refractivity contribution >= 4 is 11.6 Å². The number of hydrogen-bond acceptors (Lipinski definition) is 4. The first kappa shape index (κ1) is 20.9. The summed E-state index contributed by atoms with van der Waals surface area (Å²) in [5.41, 5.74) is 2.42. The van der Waals surface area contributed by atoms with Crippen molar-refractivity contribution in [3.63, 3.8) is 0 Å². The Morgan fingerprint density at radius 2 is 2.03 bits per heavy atom. The number of halogens is 1. The van der Waals surface area contributed by atoms with Crippen LogP contribution in [0.3, 0.4) is 0 Å². The number of fused-ring (bicyclic) bond motifs is 1. The number of amides is 1. The van der Waals surface area contributed by atoms with Crippen molar-refractivity contribution in [1.82, 2.24) is 19.3 Å². The summed E-state index contributed by atoms with van der Waals surface area (Å²) in [7, 11) is 0. The number of aryl methyl sites for hydroxylation is 1. The molecule has 168 valence electrons. The Hall–Kier alpha value is -2.96. The maximum absolute atomic E-state index is 14.1. The summed E-state index contributed by atoms with van der Waals surface area (Å²) < 4.78 is 21.8. The molecule has 0 N–H and O–H groups in total. The first-order valence-corrected chi connectivity index (χ1v) is 11.7. The number of nitrogens with zero attached hydrogens (tertiary/aromatic N) is 4. The molecule has 2 fully saturated rings. The van der Waals surface area contributed by atoms with Gasteiger partial charge in [0.2, 0.25) is 0 Å². The molecule has 1 atom stereocenters. The minimum atomic E-state index is -0.339. The first-order chi connectivity index (χ1) is 15.6. The van der Waals surface area contributed by atoms with Crippen LogP contribution in [0.2, 0.25) is 0 Å². The third kappa shape index (κ3) is 4.33. The minimum Gasteiger partial charge on any atom is -0.491 e. The van der Waals surface area contributed by atoms with Crippen LogP contribution < -0.4 is 4.74 Å². The van der Waals surface area contributed by atoms with Crippen molar-refractivity contribution in [3.8, 4) is 5.75 Å². The van der Waals surface area contributed by atoms with Crippen LogP contribution in [-0.2, 0) is 12.8 Å². The highest BCUT2D eigenvalue weighted by atomic mass is 19.1. The van der Waals surface area contributed by atoms with E-state index >= 15 is 0 Å². The minimum absolute atomic E-state index is 0.00703. The van der Waals surface area contributed by atoms with Crippen molar-refractivity contribution in [1.29, 1.82) is 0 Å². The molecule has 3 aromatic heterocycles. The Morgan fingerprint density at radius 3 is 2.81 bits per heavy atom. The van der Waals surface area contributed by atoms with E-state index in [1.54, 1.807) is 16.7 Å². The molecule has 7 heteroatoms. The average Bonchev–Trinajstić information content (AvgIpc) is 3.55. The predicted molar refractivity (Wildman–Crippen MR) is 119 cm³/mol. The predicted octanol–water partition coefficient (Wildman–Crippen LogP) is 4.46. The highest BCUT2D eigenvalue weighted by Crippen LogP contribution is 2.31. The fourth-order valence-electron chi connectivity index (χ4n) is 4.43. The molecular formula is C25H29FN4O2. The van der Waals surface area contributed by atoms with Gasteiger partial charge in [0.05, 0.1) is 12.3 Å². The van der Waals surface area contributed by atoms with E-state index in [0.717, 1.165) is 37.1 Å². The highest BCUT2D eigenvalue weighted by Gasteiger charge is 2.31. The Morgan fingerprint density at radius 1 is 1.16 bits per heavy atom. The van der Waals surface area contributed by atoms with Crippen molar-refractivity contribution in [2.45, 2.75) is 57.9 Å². The molecule has 0 radical (unpaired) electrons. The lowest BCUT2D eigenvalue weighted by molar-refractivity contribution is 0.0601. The molecule has 1 unspecified atom stereocenters. The van der Waals surface area contributed by atoms with E-state index in [1.165, 1.54) is 18.9 Å². The topological polar surface area (TPSA) is 59.7 Å². The van der Waals surface area contributed by atoms with Gasteiger partial charge in [0.25, 0.3) is 5.91 Å². The van der Waals surface area contributed by atoms with Crippen LogP contribution in [0.25, 0.3) is 5.65 Å². The van der Waals surface area contributed by atoms with Gasteiger partial charge in [0.1, 0.15) is 0 Å². The van der Waals surface area contributed by atoms with Gasteiger partial charge in [0.15, 0.2) is 22.9 Å². The first-order valence-electron chi connectivity index (χ1n) is 11.7. The Bertz CT molecular complexity index is 1120. The van der Waals surface area contributed by atoms with Gasteiger partial charge in [-0.15, -0.1) is 0 Å². The van der Waals surface area contributed by atoms with Crippen LogP contribution in [-0.4, -0.2) is 44.4 Å². The third-order valence-electron chi connectivity index (χ3n) is 6.47. The maximum Gasteiger partial charge on any atom is 0.276 e. The lowest BCUT2D eigenvalue weighted by Crippen LogP contribution is -2.45. The van der Waals surface area contributed by atoms with Gasteiger partial charge in [0, 0.05) is 37.1 Å². The van der Waals surface area contributed by atoms with Gasteiger partial charge in [-0.1, -0.05) is 6.92 Å². The van der Waals surface area contributed by atoms with E-state index in [9.17, 15) is 9.18 Å². The monoisotopic (exact) mass is 436 g/mol. The number of likely N-dealkylation sites (tertiary alicyclic amines) is 1. The second-order valence-electron chi connectivity index (χ2n) is 8.93. The van der Waals surface area contributed by atoms with Crippen molar-refractivity contribution in [2.24, 2.45) is 5.92 Å². The Labute approximate surface area is 187 Å². The summed E-state index contributed by atoms with van der Waals surface area (Å²) in [4.78, 5) is 24.8. The quantitative estimate of drug-likeness (QED) is 0.549. The SMILES string of the molecule is CCc1ccc(OCC2CC2)c(C(=O)N2CCCCC2Cc2cn3cccc(F)c3n2)n1. The van der Waals surface area contributed by atoms with Crippen molar-refractivity contribution < 1.29 is 13.9 Å². The zero-order valence-electron chi connectivity index (χ0n) is 18.5. The smallest absolute Gasteiger partial charge is 0.276 e. The van der Waals surface area contributed by atoms with Gasteiger partial charge in [-0.25, -0.2) is 14.4 Å². The molecule has 32 heavy (non-hydrogen) atoms. The van der Waals surface area contributed by atoms with E-state index in [2.05, 4.69) is 9.97 Å². The summed E-state index contributed by atoms with van der Waals surface area (Å²) in [6.07, 6.45) is 10.3. The Balaban J connectivity index is 1.40. The van der Waals surface area contributed by atoms with Crippen LogP contribution >= 0.6 is 0 Å². The summed E-state index contributed by atoms with van der Waals surface area (Å²) in [5, 5.41) is 0. The molecule has 0 bridgehead atoms. The van der Waals surface area contributed by atoms with Crippen LogP contribution in [0.1, 0.15) is 60.9 Å². The number of carbonyl (C=O) groups excluding carboxylic acids is 1. The molecule has 3 aromatic rings. The second kappa shape index (κ2) is 8.88. The summed E-state index contributed by atoms with van der Waals surface area (Å²) in [5.74, 6) is 0.763. The van der Waals surface area contributed by atoms with Crippen LogP contribution in [0.5, 0.6) is 5.75 Å². The largest absolute Gasteiger partial charge is 0.491 e. The van der Waals surface area contributed by atoms with Crippen molar-refractivity contribution in [2.75, 3.05) is 13.2 Å². The summed E-state index contributed by atoms with van der Waals surface area (Å²) >= 11 is 0. The number of piperidine rings is 1. The fourth-order valence-corrected chi connectivity index (χ4v) is 4.43. The molecule has 4 heterocycles. The van der Waals surface area contributed by atoms with Crippen molar-refractivity contribution in [3.05, 3.63) is 59.6 Å². The van der Waals surface area contributed by atoms with E-state index in [-0.39, 0.29) is 17.8 Å². The number of rotatable bonds is 7. The van der Waals surface area contributed by atoms with E-state index < -0.39 is 0 Å². The maximum atomic E-state index is 14.1. The molecule has 2 aliphatic rings. The van der Waals surface area contributed by atoms with Gasteiger partial charge in [-0.05, 0) is 68.7 Å². The molecular weight excluding hydrogens is 407 g/mol. The number of imidazole rings is 1. The van der Waals surface area contributed by atoms with Crippen LogP contribution in [0.4, 0.5) is 4.39 Å². The number of hydrogen-bond donors (Lipinski definition) is 0. The molecule has 1 amide bonds. The number of carbonyl (C=O) groups is 1. The standard InChI is InChI=1S/C25H29FN4O2/c1-2-18-10-11-22(32-16-17-8-9-17)23(27-18)25(31)30-13-4-3-6-20(30)14-19-15-29-12-5-7-21(26)24(29)28-19/h5,7,10-12,15,17,20H,2-4,6,8-9,13-14,16H2,1H3. The molecule has 1 aliphatic heterocycles. The van der Waals surface area contributed by atoms with Gasteiger partial charge < -0.3 is 14.0 Å². The molecule has 6 nitrogen and oxygen atoms in total. The number of aromatic nitrogens is 3. The van der Waals surface area contributed by atoms with E-state index in [1.807, 2.05) is 30.2 Å². The molecule has 1 saturated carbocycles. The van der Waals surface area contributed by atoms with Crippen LogP contribution in [0, 0.1) is 11.7 Å². The number of ether oxygens (including phenoxy) is 1. The third-order valence-corrected chi connectivity index (χ3v) is 6.47. The normalized spacial score (nSPS) is 18.8. The summed E-state index contributed by atoms with van der Waals surface area (Å²) in [6.45, 7) is 3.36. The zero-order valence-corrected chi connectivity index (χ0v) is 18.5. The van der Waals surface area contributed by atoms with Crippen LogP contribution in [0.15, 0.2) is 36.7 Å². The fraction of sp³-hybridized carbons (Fsp3) is 0.480. The van der Waals surface area contributed by atoms with Gasteiger partial charge >= 0.3 is 0 Å². The lowest BCUT2D eigenvalue weighted by atomic mass is 9.97.